The maximum Gasteiger partial charge on any atom is 0.326 e. The summed E-state index contributed by atoms with van der Waals surface area (Å²) in [4.78, 5) is 11.9. The second-order valence-electron chi connectivity index (χ2n) is 4.89. The summed E-state index contributed by atoms with van der Waals surface area (Å²) < 4.78 is 5.20. The Morgan fingerprint density at radius 1 is 1.35 bits per heavy atom. The highest BCUT2D eigenvalue weighted by molar-refractivity contribution is 6.30. The van der Waals surface area contributed by atoms with E-state index in [1.165, 1.54) is 0 Å². The average Bonchev–Trinajstić information content (AvgIpc) is 2.82. The molecule has 0 amide bonds. The zero-order chi connectivity index (χ0) is 14.5. The minimum absolute atomic E-state index is 0.143. The molecule has 0 saturated carbocycles. The summed E-state index contributed by atoms with van der Waals surface area (Å²) in [6.45, 7) is 2.48. The van der Waals surface area contributed by atoms with Gasteiger partial charge in [-0.3, -0.25) is 4.79 Å². The van der Waals surface area contributed by atoms with Crippen LogP contribution < -0.4 is 16.6 Å². The highest BCUT2D eigenvalue weighted by Crippen LogP contribution is 2.23. The van der Waals surface area contributed by atoms with Crippen LogP contribution in [0.25, 0.3) is 0 Å². The molecule has 0 spiro atoms. The highest BCUT2D eigenvalue weighted by atomic mass is 35.5. The maximum atomic E-state index is 11.9. The Hall–Kier alpha value is -1.14. The summed E-state index contributed by atoms with van der Waals surface area (Å²) in [5.74, 6) is -0.310. The second kappa shape index (κ2) is 7.04. The first-order valence-corrected chi connectivity index (χ1v) is 7.20. The summed E-state index contributed by atoms with van der Waals surface area (Å²) in [7, 11) is 0. The quantitative estimate of drug-likeness (QED) is 0.567. The molecule has 0 aliphatic carbocycles. The number of rotatable bonds is 5. The Labute approximate surface area is 123 Å². The first kappa shape index (κ1) is 15.3. The monoisotopic (exact) mass is 297 g/mol. The lowest BCUT2D eigenvalue weighted by molar-refractivity contribution is -0.146. The molecule has 2 rings (SSSR count). The molecule has 20 heavy (non-hydrogen) atoms. The van der Waals surface area contributed by atoms with E-state index in [2.05, 4.69) is 10.9 Å². The molecule has 6 heteroatoms. The van der Waals surface area contributed by atoms with Gasteiger partial charge in [0.25, 0.3) is 0 Å². The molecule has 110 valence electrons. The van der Waals surface area contributed by atoms with Crippen LogP contribution in [0.15, 0.2) is 24.3 Å². The topological polar surface area (TPSA) is 76.4 Å². The molecule has 1 aromatic carbocycles. The molecule has 1 aliphatic rings. The highest BCUT2D eigenvalue weighted by Gasteiger charge is 2.39. The van der Waals surface area contributed by atoms with Crippen molar-refractivity contribution >= 4 is 17.6 Å². The van der Waals surface area contributed by atoms with Crippen molar-refractivity contribution in [1.82, 2.24) is 10.9 Å². The molecule has 3 unspecified atom stereocenters. The minimum Gasteiger partial charge on any atom is -0.464 e. The molecule has 0 radical (unpaired) electrons. The van der Waals surface area contributed by atoms with Crippen molar-refractivity contribution in [3.05, 3.63) is 34.9 Å². The number of hydrogen-bond acceptors (Lipinski definition) is 5. The lowest BCUT2D eigenvalue weighted by atomic mass is 9.97. The molecule has 3 atom stereocenters. The maximum absolute atomic E-state index is 11.9. The van der Waals surface area contributed by atoms with Gasteiger partial charge in [-0.25, -0.2) is 10.9 Å². The Morgan fingerprint density at radius 3 is 2.70 bits per heavy atom. The van der Waals surface area contributed by atoms with Gasteiger partial charge < -0.3 is 10.5 Å². The zero-order valence-corrected chi connectivity index (χ0v) is 12.2. The van der Waals surface area contributed by atoms with Crippen LogP contribution in [0.4, 0.5) is 0 Å². The third kappa shape index (κ3) is 3.49. The second-order valence-corrected chi connectivity index (χ2v) is 5.33. The van der Waals surface area contributed by atoms with Crippen LogP contribution in [0.2, 0.25) is 5.02 Å². The number of hydrogen-bond donors (Lipinski definition) is 3. The Kier molecular flexibility index (Phi) is 5.37. The zero-order valence-electron chi connectivity index (χ0n) is 11.4. The fraction of sp³-hybridized carbons (Fsp3) is 0.500. The summed E-state index contributed by atoms with van der Waals surface area (Å²) in [5.41, 5.74) is 13.1. The van der Waals surface area contributed by atoms with Gasteiger partial charge in [-0.05, 0) is 24.1 Å². The van der Waals surface area contributed by atoms with Crippen LogP contribution >= 0.6 is 11.6 Å². The summed E-state index contributed by atoms with van der Waals surface area (Å²) in [6, 6.07) is 6.34. The normalized spacial score (nSPS) is 25.6. The largest absolute Gasteiger partial charge is 0.464 e. The van der Waals surface area contributed by atoms with E-state index >= 15 is 0 Å². The predicted molar refractivity (Wildman–Crippen MR) is 78.1 cm³/mol. The number of carbonyl (C=O) groups is 1. The number of benzene rings is 1. The van der Waals surface area contributed by atoms with Crippen molar-refractivity contribution in [2.45, 2.75) is 37.9 Å². The number of nitrogens with one attached hydrogen (secondary N) is 2. The molecular weight excluding hydrogens is 278 g/mol. The number of halogens is 1. The first-order valence-electron chi connectivity index (χ1n) is 6.82. The Bertz CT molecular complexity index is 452. The molecule has 1 fully saturated rings. The van der Waals surface area contributed by atoms with E-state index in [0.717, 1.165) is 18.4 Å². The van der Waals surface area contributed by atoms with E-state index in [1.54, 1.807) is 12.1 Å². The van der Waals surface area contributed by atoms with Crippen LogP contribution in [-0.4, -0.2) is 24.7 Å². The lowest BCUT2D eigenvalue weighted by Gasteiger charge is -2.18. The summed E-state index contributed by atoms with van der Waals surface area (Å²) in [5, 5.41) is 0.670. The van der Waals surface area contributed by atoms with E-state index < -0.39 is 6.04 Å². The van der Waals surface area contributed by atoms with Crippen LogP contribution in [0.3, 0.4) is 0 Å². The van der Waals surface area contributed by atoms with E-state index in [0.29, 0.717) is 11.6 Å². The molecule has 1 heterocycles. The van der Waals surface area contributed by atoms with E-state index in [-0.39, 0.29) is 18.1 Å². The molecule has 1 aliphatic heterocycles. The van der Waals surface area contributed by atoms with Gasteiger partial charge in [0.15, 0.2) is 0 Å². The third-order valence-electron chi connectivity index (χ3n) is 3.39. The summed E-state index contributed by atoms with van der Waals surface area (Å²) in [6.07, 6.45) is 1.85. The number of hydrazine groups is 1. The number of esters is 1. The molecule has 0 bridgehead atoms. The van der Waals surface area contributed by atoms with Crippen LogP contribution in [0.5, 0.6) is 0 Å². The van der Waals surface area contributed by atoms with Crippen molar-refractivity contribution < 1.29 is 9.53 Å². The van der Waals surface area contributed by atoms with Crippen molar-refractivity contribution in [2.24, 2.45) is 5.73 Å². The van der Waals surface area contributed by atoms with Crippen LogP contribution in [0.1, 0.15) is 31.4 Å². The standard InChI is InChI=1S/C14H20ClN3O2/c1-2-3-8-20-14(19)13-11(16)12(17-18-13)9-4-6-10(15)7-5-9/h4-7,11-13,17-18H,2-3,8,16H2,1H3. The van der Waals surface area contributed by atoms with Crippen molar-refractivity contribution in [3.8, 4) is 0 Å². The van der Waals surface area contributed by atoms with E-state index in [1.807, 2.05) is 19.1 Å². The average molecular weight is 298 g/mol. The number of unbranched alkanes of at least 4 members (excludes halogenated alkanes) is 1. The van der Waals surface area contributed by atoms with Gasteiger partial charge >= 0.3 is 5.97 Å². The molecule has 0 aromatic heterocycles. The van der Waals surface area contributed by atoms with Gasteiger partial charge in [0.1, 0.15) is 6.04 Å². The third-order valence-corrected chi connectivity index (χ3v) is 3.64. The van der Waals surface area contributed by atoms with Crippen LogP contribution in [0, 0.1) is 0 Å². The fourth-order valence-corrected chi connectivity index (χ4v) is 2.29. The molecule has 4 N–H and O–H groups in total. The van der Waals surface area contributed by atoms with Crippen molar-refractivity contribution in [3.63, 3.8) is 0 Å². The number of ether oxygens (including phenoxy) is 1. The van der Waals surface area contributed by atoms with Gasteiger partial charge in [0, 0.05) is 5.02 Å². The summed E-state index contributed by atoms with van der Waals surface area (Å²) >= 11 is 5.86. The molecular formula is C14H20ClN3O2. The van der Waals surface area contributed by atoms with E-state index in [9.17, 15) is 4.79 Å². The minimum atomic E-state index is -0.535. The fourth-order valence-electron chi connectivity index (χ4n) is 2.16. The SMILES string of the molecule is CCCCOC(=O)C1NNC(c2ccc(Cl)cc2)C1N. The predicted octanol–water partition coefficient (Wildman–Crippen LogP) is 1.53. The lowest BCUT2D eigenvalue weighted by Crippen LogP contribution is -2.45. The van der Waals surface area contributed by atoms with Crippen LogP contribution in [-0.2, 0) is 9.53 Å². The first-order chi connectivity index (χ1) is 9.63. The van der Waals surface area contributed by atoms with Gasteiger partial charge in [0.2, 0.25) is 0 Å². The number of nitrogens with two attached hydrogens (primary N) is 1. The van der Waals surface area contributed by atoms with Gasteiger partial charge in [-0.15, -0.1) is 0 Å². The van der Waals surface area contributed by atoms with Crippen molar-refractivity contribution in [2.75, 3.05) is 6.61 Å². The number of carbonyl (C=O) groups excluding carboxylic acids is 1. The Morgan fingerprint density at radius 2 is 2.05 bits per heavy atom. The molecule has 1 aromatic rings. The molecule has 1 saturated heterocycles. The van der Waals surface area contributed by atoms with E-state index in [4.69, 9.17) is 22.1 Å². The Balaban J connectivity index is 1.96. The van der Waals surface area contributed by atoms with Gasteiger partial charge in [0.05, 0.1) is 18.7 Å². The van der Waals surface area contributed by atoms with Gasteiger partial charge in [-0.1, -0.05) is 37.1 Å². The molecule has 5 nitrogen and oxygen atoms in total. The van der Waals surface area contributed by atoms with Gasteiger partial charge in [-0.2, -0.15) is 0 Å². The smallest absolute Gasteiger partial charge is 0.326 e. The van der Waals surface area contributed by atoms with Crippen molar-refractivity contribution in [1.29, 1.82) is 0 Å².